The van der Waals surface area contributed by atoms with Crippen LogP contribution in [0.4, 0.5) is 5.82 Å². The largest absolute Gasteiger partial charge is 0.378 e. The molecule has 0 bridgehead atoms. The lowest BCUT2D eigenvalue weighted by Crippen LogP contribution is -2.20. The van der Waals surface area contributed by atoms with Crippen LogP contribution in [0.1, 0.15) is 26.3 Å². The van der Waals surface area contributed by atoms with Gasteiger partial charge in [0.25, 0.3) is 0 Å². The number of nitrogens with one attached hydrogen (secondary N) is 1. The Kier molecular flexibility index (Phi) is 6.25. The molecule has 1 rings (SSSR count). The molecule has 0 saturated carbocycles. The molecule has 1 heterocycles. The van der Waals surface area contributed by atoms with Crippen LogP contribution in [0.3, 0.4) is 0 Å². The highest BCUT2D eigenvalue weighted by Crippen LogP contribution is 2.21. The zero-order valence-electron chi connectivity index (χ0n) is 12.9. The number of aromatic nitrogens is 1. The van der Waals surface area contributed by atoms with Gasteiger partial charge in [0.1, 0.15) is 5.82 Å². The van der Waals surface area contributed by atoms with E-state index in [0.29, 0.717) is 6.61 Å². The minimum absolute atomic E-state index is 0.154. The van der Waals surface area contributed by atoms with Crippen molar-refractivity contribution in [1.82, 2.24) is 9.88 Å². The van der Waals surface area contributed by atoms with E-state index in [0.717, 1.165) is 25.5 Å². The lowest BCUT2D eigenvalue weighted by molar-refractivity contribution is 0.126. The van der Waals surface area contributed by atoms with Gasteiger partial charge in [-0.15, -0.1) is 0 Å². The smallest absolute Gasteiger partial charge is 0.125 e. The van der Waals surface area contributed by atoms with Crippen molar-refractivity contribution in [2.75, 3.05) is 45.7 Å². The quantitative estimate of drug-likeness (QED) is 0.768. The number of pyridine rings is 1. The van der Waals surface area contributed by atoms with Gasteiger partial charge in [0.15, 0.2) is 0 Å². The van der Waals surface area contributed by atoms with E-state index in [9.17, 15) is 0 Å². The summed E-state index contributed by atoms with van der Waals surface area (Å²) in [6, 6.07) is 4.16. The summed E-state index contributed by atoms with van der Waals surface area (Å²) in [6.07, 6.45) is 1.94. The lowest BCUT2D eigenvalue weighted by atomic mass is 9.88. The predicted molar refractivity (Wildman–Crippen MR) is 80.8 cm³/mol. The molecule has 1 aromatic rings. The van der Waals surface area contributed by atoms with Crippen molar-refractivity contribution < 1.29 is 4.74 Å². The van der Waals surface area contributed by atoms with Crippen LogP contribution in [0, 0.1) is 0 Å². The second kappa shape index (κ2) is 7.46. The zero-order chi connectivity index (χ0) is 14.3. The molecule has 0 aliphatic carbocycles. The van der Waals surface area contributed by atoms with E-state index < -0.39 is 0 Å². The third-order valence-corrected chi connectivity index (χ3v) is 2.86. The maximum absolute atomic E-state index is 5.51. The number of ether oxygens (including phenoxy) is 1. The second-order valence-corrected chi connectivity index (χ2v) is 6.02. The fourth-order valence-electron chi connectivity index (χ4n) is 1.54. The molecule has 0 aliphatic heterocycles. The Bertz CT molecular complexity index is 355. The first-order valence-corrected chi connectivity index (χ1v) is 6.82. The van der Waals surface area contributed by atoms with E-state index >= 15 is 0 Å². The van der Waals surface area contributed by atoms with Gasteiger partial charge in [-0.1, -0.05) is 26.8 Å². The molecular formula is C15H27N3O. The number of hydrogen-bond donors (Lipinski definition) is 1. The Hall–Kier alpha value is -1.13. The van der Waals surface area contributed by atoms with E-state index in [-0.39, 0.29) is 5.41 Å². The van der Waals surface area contributed by atoms with Crippen molar-refractivity contribution in [3.63, 3.8) is 0 Å². The summed E-state index contributed by atoms with van der Waals surface area (Å²) in [7, 11) is 4.09. The lowest BCUT2D eigenvalue weighted by Gasteiger charge is -2.18. The van der Waals surface area contributed by atoms with Gasteiger partial charge in [0.05, 0.1) is 13.2 Å². The minimum Gasteiger partial charge on any atom is -0.378 e. The fraction of sp³-hybridized carbons (Fsp3) is 0.667. The van der Waals surface area contributed by atoms with Gasteiger partial charge in [0.2, 0.25) is 0 Å². The maximum atomic E-state index is 5.51. The summed E-state index contributed by atoms with van der Waals surface area (Å²) in [5.41, 5.74) is 1.40. The third-order valence-electron chi connectivity index (χ3n) is 2.86. The Morgan fingerprint density at radius 2 is 1.95 bits per heavy atom. The topological polar surface area (TPSA) is 37.4 Å². The van der Waals surface area contributed by atoms with Crippen molar-refractivity contribution >= 4 is 5.82 Å². The third kappa shape index (κ3) is 6.55. The van der Waals surface area contributed by atoms with Crippen LogP contribution in [0.2, 0.25) is 0 Å². The summed E-state index contributed by atoms with van der Waals surface area (Å²) < 4.78 is 5.51. The maximum Gasteiger partial charge on any atom is 0.125 e. The average Bonchev–Trinajstić information content (AvgIpc) is 2.32. The first-order chi connectivity index (χ1) is 8.89. The highest BCUT2D eigenvalue weighted by atomic mass is 16.5. The van der Waals surface area contributed by atoms with E-state index in [1.807, 2.05) is 26.4 Å². The standard InChI is InChI=1S/C15H27N3O/c1-15(2,3)13-6-7-14(17-12-13)16-8-10-19-11-9-18(4)5/h6-7,12H,8-11H2,1-5H3,(H,16,17). The fourth-order valence-corrected chi connectivity index (χ4v) is 1.54. The molecule has 1 aromatic heterocycles. The molecule has 1 N–H and O–H groups in total. The SMILES string of the molecule is CN(C)CCOCCNc1ccc(C(C)(C)C)cn1. The van der Waals surface area contributed by atoms with Gasteiger partial charge < -0.3 is 15.0 Å². The number of rotatable bonds is 7. The molecule has 4 heteroatoms. The zero-order valence-corrected chi connectivity index (χ0v) is 12.9. The van der Waals surface area contributed by atoms with Gasteiger partial charge in [-0.3, -0.25) is 0 Å². The normalized spacial score (nSPS) is 11.9. The molecule has 4 nitrogen and oxygen atoms in total. The van der Waals surface area contributed by atoms with E-state index in [1.54, 1.807) is 0 Å². The van der Waals surface area contributed by atoms with Crippen LogP contribution in [-0.2, 0) is 10.2 Å². The van der Waals surface area contributed by atoms with Gasteiger partial charge in [-0.05, 0) is 31.1 Å². The van der Waals surface area contributed by atoms with Crippen molar-refractivity contribution in [1.29, 1.82) is 0 Å². The molecule has 0 atom stereocenters. The monoisotopic (exact) mass is 265 g/mol. The van der Waals surface area contributed by atoms with Crippen molar-refractivity contribution in [3.05, 3.63) is 23.9 Å². The van der Waals surface area contributed by atoms with Crippen LogP contribution in [0.25, 0.3) is 0 Å². The van der Waals surface area contributed by atoms with Crippen LogP contribution in [0.5, 0.6) is 0 Å². The molecule has 0 aromatic carbocycles. The van der Waals surface area contributed by atoms with Gasteiger partial charge in [0, 0.05) is 19.3 Å². The van der Waals surface area contributed by atoms with Crippen LogP contribution >= 0.6 is 0 Å². The first kappa shape index (κ1) is 15.9. The highest BCUT2D eigenvalue weighted by molar-refractivity contribution is 5.36. The molecule has 0 amide bonds. The number of hydrogen-bond acceptors (Lipinski definition) is 4. The summed E-state index contributed by atoms with van der Waals surface area (Å²) >= 11 is 0. The molecular weight excluding hydrogens is 238 g/mol. The Morgan fingerprint density at radius 3 is 2.47 bits per heavy atom. The van der Waals surface area contributed by atoms with Crippen molar-refractivity contribution in [2.45, 2.75) is 26.2 Å². The van der Waals surface area contributed by atoms with E-state index in [1.165, 1.54) is 5.56 Å². The van der Waals surface area contributed by atoms with Crippen LogP contribution < -0.4 is 5.32 Å². The molecule has 0 aliphatic rings. The van der Waals surface area contributed by atoms with E-state index in [2.05, 4.69) is 42.0 Å². The van der Waals surface area contributed by atoms with Crippen LogP contribution in [0.15, 0.2) is 18.3 Å². The van der Waals surface area contributed by atoms with E-state index in [4.69, 9.17) is 4.74 Å². The Morgan fingerprint density at radius 1 is 1.21 bits per heavy atom. The molecule has 0 fully saturated rings. The summed E-state index contributed by atoms with van der Waals surface area (Å²) in [5, 5.41) is 3.26. The summed E-state index contributed by atoms with van der Waals surface area (Å²) in [5.74, 6) is 0.907. The van der Waals surface area contributed by atoms with Crippen LogP contribution in [-0.4, -0.2) is 50.3 Å². The number of likely N-dealkylation sites (N-methyl/N-ethyl adjacent to an activating group) is 1. The van der Waals surface area contributed by atoms with Crippen molar-refractivity contribution in [2.24, 2.45) is 0 Å². The molecule has 19 heavy (non-hydrogen) atoms. The molecule has 0 radical (unpaired) electrons. The molecule has 108 valence electrons. The minimum atomic E-state index is 0.154. The first-order valence-electron chi connectivity index (χ1n) is 6.82. The molecule has 0 unspecified atom stereocenters. The molecule has 0 saturated heterocycles. The Balaban J connectivity index is 2.23. The summed E-state index contributed by atoms with van der Waals surface area (Å²) in [4.78, 5) is 6.53. The van der Waals surface area contributed by atoms with Gasteiger partial charge in [-0.25, -0.2) is 4.98 Å². The second-order valence-electron chi connectivity index (χ2n) is 6.02. The van der Waals surface area contributed by atoms with Gasteiger partial charge >= 0.3 is 0 Å². The Labute approximate surface area is 117 Å². The predicted octanol–water partition coefficient (Wildman–Crippen LogP) is 2.37. The van der Waals surface area contributed by atoms with Crippen molar-refractivity contribution in [3.8, 4) is 0 Å². The number of nitrogens with zero attached hydrogens (tertiary/aromatic N) is 2. The summed E-state index contributed by atoms with van der Waals surface area (Å²) in [6.45, 7) is 9.79. The molecule has 0 spiro atoms. The van der Waals surface area contributed by atoms with Gasteiger partial charge in [-0.2, -0.15) is 0 Å². The number of anilines is 1. The highest BCUT2D eigenvalue weighted by Gasteiger charge is 2.13. The average molecular weight is 265 g/mol.